The van der Waals surface area contributed by atoms with Gasteiger partial charge in [0.15, 0.2) is 0 Å². The van der Waals surface area contributed by atoms with Gasteiger partial charge >= 0.3 is 0 Å². The summed E-state index contributed by atoms with van der Waals surface area (Å²) in [4.78, 5) is 14.0. The Bertz CT molecular complexity index is 677. The molecule has 1 N–H and O–H groups in total. The van der Waals surface area contributed by atoms with Crippen molar-refractivity contribution in [3.8, 4) is 5.75 Å². The van der Waals surface area contributed by atoms with E-state index in [0.29, 0.717) is 10.7 Å². The summed E-state index contributed by atoms with van der Waals surface area (Å²) in [5.74, 6) is 0.762. The number of pyridine rings is 1. The molecule has 0 aliphatic carbocycles. The Morgan fingerprint density at radius 1 is 1.16 bits per heavy atom. The summed E-state index contributed by atoms with van der Waals surface area (Å²) in [5, 5.41) is 0.465. The molecule has 0 spiro atoms. The van der Waals surface area contributed by atoms with Gasteiger partial charge in [-0.1, -0.05) is 41.4 Å². The Morgan fingerprint density at radius 3 is 2.68 bits per heavy atom. The van der Waals surface area contributed by atoms with Gasteiger partial charge in [-0.25, -0.2) is 0 Å². The van der Waals surface area contributed by atoms with Crippen LogP contribution in [0.15, 0.2) is 35.1 Å². The molecule has 1 aromatic carbocycles. The van der Waals surface area contributed by atoms with Gasteiger partial charge < -0.3 is 9.72 Å². The zero-order chi connectivity index (χ0) is 13.8. The predicted molar refractivity (Wildman–Crippen MR) is 79.0 cm³/mol. The fraction of sp³-hybridized carbons (Fsp3) is 0.0714. The molecule has 0 saturated heterocycles. The molecule has 0 amide bonds. The van der Waals surface area contributed by atoms with E-state index in [9.17, 15) is 4.79 Å². The van der Waals surface area contributed by atoms with E-state index in [-0.39, 0.29) is 10.6 Å². The summed E-state index contributed by atoms with van der Waals surface area (Å²) in [6, 6.07) is 8.95. The molecule has 1 aromatic heterocycles. The van der Waals surface area contributed by atoms with Crippen molar-refractivity contribution in [3.05, 3.63) is 62.0 Å². The molecule has 0 radical (unpaired) electrons. The third kappa shape index (κ3) is 3.40. The van der Waals surface area contributed by atoms with Gasteiger partial charge in [-0.15, -0.1) is 0 Å². The summed E-state index contributed by atoms with van der Waals surface area (Å²) in [5.41, 5.74) is 1.08. The maximum absolute atomic E-state index is 11.4. The SMILES string of the molecule is COc1cccc(/C=C/c2[nH]c(=O)c(Cl)cc2Cl)c1. The molecular weight excluding hydrogens is 285 g/mol. The molecule has 0 atom stereocenters. The van der Waals surface area contributed by atoms with E-state index in [2.05, 4.69) is 4.98 Å². The smallest absolute Gasteiger partial charge is 0.267 e. The quantitative estimate of drug-likeness (QED) is 0.934. The van der Waals surface area contributed by atoms with Crippen LogP contribution in [0.3, 0.4) is 0 Å². The van der Waals surface area contributed by atoms with Crippen LogP contribution in [0, 0.1) is 0 Å². The van der Waals surface area contributed by atoms with E-state index in [1.54, 1.807) is 13.2 Å². The molecular formula is C14H11Cl2NO2. The summed E-state index contributed by atoms with van der Waals surface area (Å²) in [7, 11) is 1.61. The van der Waals surface area contributed by atoms with Gasteiger partial charge in [0.2, 0.25) is 0 Å². The van der Waals surface area contributed by atoms with Crippen LogP contribution in [-0.4, -0.2) is 12.1 Å². The molecule has 0 unspecified atom stereocenters. The van der Waals surface area contributed by atoms with Crippen LogP contribution in [-0.2, 0) is 0 Å². The molecule has 19 heavy (non-hydrogen) atoms. The standard InChI is InChI=1S/C14H11Cl2NO2/c1-19-10-4-2-3-9(7-10)5-6-13-11(15)8-12(16)14(18)17-13/h2-8H,1H3,(H,17,18)/b6-5+. The molecule has 5 heteroatoms. The number of hydrogen-bond donors (Lipinski definition) is 1. The number of aromatic nitrogens is 1. The zero-order valence-corrected chi connectivity index (χ0v) is 11.6. The van der Waals surface area contributed by atoms with Gasteiger partial charge in [0.1, 0.15) is 10.8 Å². The number of rotatable bonds is 3. The largest absolute Gasteiger partial charge is 0.497 e. The Kier molecular flexibility index (Phi) is 4.30. The lowest BCUT2D eigenvalue weighted by atomic mass is 10.2. The van der Waals surface area contributed by atoms with E-state index in [0.717, 1.165) is 11.3 Å². The first-order chi connectivity index (χ1) is 9.10. The van der Waals surface area contributed by atoms with Crippen LogP contribution in [0.2, 0.25) is 10.0 Å². The van der Waals surface area contributed by atoms with Crippen molar-refractivity contribution in [1.82, 2.24) is 4.98 Å². The maximum Gasteiger partial charge on any atom is 0.267 e. The van der Waals surface area contributed by atoms with Crippen LogP contribution >= 0.6 is 23.2 Å². The highest BCUT2D eigenvalue weighted by molar-refractivity contribution is 6.35. The van der Waals surface area contributed by atoms with Crippen molar-refractivity contribution in [3.63, 3.8) is 0 Å². The third-order valence-corrected chi connectivity index (χ3v) is 3.11. The maximum atomic E-state index is 11.4. The lowest BCUT2D eigenvalue weighted by molar-refractivity contribution is 0.414. The average molecular weight is 296 g/mol. The van der Waals surface area contributed by atoms with E-state index in [1.165, 1.54) is 6.07 Å². The number of aromatic amines is 1. The summed E-state index contributed by atoms with van der Waals surface area (Å²) in [6.07, 6.45) is 3.54. The molecule has 0 fully saturated rings. The van der Waals surface area contributed by atoms with Gasteiger partial charge in [-0.3, -0.25) is 4.79 Å². The number of H-pyrrole nitrogens is 1. The summed E-state index contributed by atoms with van der Waals surface area (Å²) >= 11 is 11.7. The first kappa shape index (κ1) is 13.7. The number of hydrogen-bond acceptors (Lipinski definition) is 2. The fourth-order valence-electron chi connectivity index (χ4n) is 1.54. The highest BCUT2D eigenvalue weighted by Gasteiger charge is 2.02. The molecule has 2 rings (SSSR count). The van der Waals surface area contributed by atoms with Crippen LogP contribution in [0.1, 0.15) is 11.3 Å². The van der Waals surface area contributed by atoms with Crippen molar-refractivity contribution in [2.75, 3.05) is 7.11 Å². The lowest BCUT2D eigenvalue weighted by Crippen LogP contribution is -2.07. The van der Waals surface area contributed by atoms with E-state index in [1.807, 2.05) is 30.3 Å². The second kappa shape index (κ2) is 5.95. The minimum atomic E-state index is -0.364. The Morgan fingerprint density at radius 2 is 1.95 bits per heavy atom. The fourth-order valence-corrected chi connectivity index (χ4v) is 1.97. The molecule has 0 aliphatic rings. The summed E-state index contributed by atoms with van der Waals surface area (Å²) in [6.45, 7) is 0. The Labute approximate surface area is 120 Å². The zero-order valence-electron chi connectivity index (χ0n) is 10.1. The van der Waals surface area contributed by atoms with Gasteiger partial charge in [-0.2, -0.15) is 0 Å². The second-order valence-electron chi connectivity index (χ2n) is 3.82. The van der Waals surface area contributed by atoms with Crippen LogP contribution in [0.4, 0.5) is 0 Å². The molecule has 2 aromatic rings. The van der Waals surface area contributed by atoms with E-state index in [4.69, 9.17) is 27.9 Å². The van der Waals surface area contributed by atoms with Crippen molar-refractivity contribution in [2.24, 2.45) is 0 Å². The number of nitrogens with one attached hydrogen (secondary N) is 1. The second-order valence-corrected chi connectivity index (χ2v) is 4.63. The van der Waals surface area contributed by atoms with Crippen molar-refractivity contribution < 1.29 is 4.74 Å². The highest BCUT2D eigenvalue weighted by Crippen LogP contribution is 2.19. The van der Waals surface area contributed by atoms with Crippen molar-refractivity contribution in [2.45, 2.75) is 0 Å². The molecule has 98 valence electrons. The Hall–Kier alpha value is -1.71. The Balaban J connectivity index is 2.32. The number of ether oxygens (including phenoxy) is 1. The normalized spacial score (nSPS) is 10.9. The number of methoxy groups -OCH3 is 1. The molecule has 0 bridgehead atoms. The van der Waals surface area contributed by atoms with E-state index < -0.39 is 0 Å². The average Bonchev–Trinajstić information content (AvgIpc) is 2.41. The summed E-state index contributed by atoms with van der Waals surface area (Å²) < 4.78 is 5.13. The minimum absolute atomic E-state index is 0.0727. The highest BCUT2D eigenvalue weighted by atomic mass is 35.5. The third-order valence-electron chi connectivity index (χ3n) is 2.51. The van der Waals surface area contributed by atoms with Crippen LogP contribution in [0.5, 0.6) is 5.75 Å². The molecule has 1 heterocycles. The first-order valence-corrected chi connectivity index (χ1v) is 6.26. The molecule has 0 saturated carbocycles. The van der Waals surface area contributed by atoms with Gasteiger partial charge in [-0.05, 0) is 29.8 Å². The van der Waals surface area contributed by atoms with Gasteiger partial charge in [0, 0.05) is 0 Å². The van der Waals surface area contributed by atoms with E-state index >= 15 is 0 Å². The van der Waals surface area contributed by atoms with Gasteiger partial charge in [0.05, 0.1) is 17.8 Å². The lowest BCUT2D eigenvalue weighted by Gasteiger charge is -2.01. The first-order valence-electron chi connectivity index (χ1n) is 5.50. The minimum Gasteiger partial charge on any atom is -0.497 e. The van der Waals surface area contributed by atoms with Crippen LogP contribution in [0.25, 0.3) is 12.2 Å². The van der Waals surface area contributed by atoms with Crippen LogP contribution < -0.4 is 10.3 Å². The molecule has 0 aliphatic heterocycles. The van der Waals surface area contributed by atoms with Crippen molar-refractivity contribution in [1.29, 1.82) is 0 Å². The van der Waals surface area contributed by atoms with Gasteiger partial charge in [0.25, 0.3) is 5.56 Å². The number of benzene rings is 1. The predicted octanol–water partition coefficient (Wildman–Crippen LogP) is 3.86. The monoisotopic (exact) mass is 295 g/mol. The number of halogens is 2. The van der Waals surface area contributed by atoms with Crippen molar-refractivity contribution >= 4 is 35.4 Å². The topological polar surface area (TPSA) is 42.1 Å². The molecule has 3 nitrogen and oxygen atoms in total.